The third-order valence-corrected chi connectivity index (χ3v) is 14.7. The summed E-state index contributed by atoms with van der Waals surface area (Å²) in [7, 11) is 0. The molecule has 0 rings (SSSR count). The summed E-state index contributed by atoms with van der Waals surface area (Å²) in [6.45, 7) is 5.25. The summed E-state index contributed by atoms with van der Waals surface area (Å²) in [6, 6.07) is 0. The van der Waals surface area contributed by atoms with Crippen molar-refractivity contribution in [2.45, 2.75) is 386 Å². The average Bonchev–Trinajstić information content (AvgIpc) is 3.30. The molecule has 0 heterocycles. The Bertz CT molecular complexity index is 807. The van der Waals surface area contributed by atoms with E-state index in [2.05, 4.69) is 13.8 Å². The van der Waals surface area contributed by atoms with E-state index in [1.807, 2.05) is 0 Å². The Balaban J connectivity index is 3.14. The number of carbonyl (C=O) groups excluding carboxylic acids is 1. The minimum absolute atomic E-state index is 0.0370. The number of carbonyl (C=O) groups is 1. The molecule has 0 aromatic heterocycles. The molecule has 0 radical (unpaired) electrons. The van der Waals surface area contributed by atoms with E-state index < -0.39 is 0 Å². The summed E-state index contributed by atoms with van der Waals surface area (Å²) in [5.41, 5.74) is 0. The summed E-state index contributed by atoms with van der Waals surface area (Å²) in [5.74, 6) is 0.0370. The highest BCUT2D eigenvalue weighted by atomic mass is 16.5. The molecular formula is C62H124O2. The van der Waals surface area contributed by atoms with E-state index in [0.29, 0.717) is 13.0 Å². The summed E-state index contributed by atoms with van der Waals surface area (Å²) in [5, 5.41) is 0. The molecule has 0 fully saturated rings. The van der Waals surface area contributed by atoms with Crippen molar-refractivity contribution in [3.05, 3.63) is 0 Å². The van der Waals surface area contributed by atoms with Crippen LogP contribution in [-0.4, -0.2) is 12.6 Å². The molecule has 0 atom stereocenters. The minimum atomic E-state index is 0.0370. The van der Waals surface area contributed by atoms with Crippen molar-refractivity contribution in [3.8, 4) is 0 Å². The van der Waals surface area contributed by atoms with E-state index in [9.17, 15) is 4.79 Å². The van der Waals surface area contributed by atoms with Gasteiger partial charge >= 0.3 is 5.97 Å². The van der Waals surface area contributed by atoms with Crippen LogP contribution in [0.2, 0.25) is 0 Å². The van der Waals surface area contributed by atoms with Crippen LogP contribution in [0.3, 0.4) is 0 Å². The molecule has 384 valence electrons. The van der Waals surface area contributed by atoms with Gasteiger partial charge in [-0.1, -0.05) is 367 Å². The maximum Gasteiger partial charge on any atom is 0.305 e. The number of ether oxygens (including phenoxy) is 1. The van der Waals surface area contributed by atoms with E-state index in [4.69, 9.17) is 4.74 Å². The van der Waals surface area contributed by atoms with Crippen molar-refractivity contribution >= 4 is 5.97 Å². The number of unbranched alkanes of at least 4 members (excludes halogenated alkanes) is 55. The Kier molecular flexibility index (Phi) is 60.0. The van der Waals surface area contributed by atoms with E-state index in [1.54, 1.807) is 0 Å². The first kappa shape index (κ1) is 63.5. The van der Waals surface area contributed by atoms with Gasteiger partial charge in [0.05, 0.1) is 6.61 Å². The van der Waals surface area contributed by atoms with Gasteiger partial charge in [0.1, 0.15) is 0 Å². The zero-order chi connectivity index (χ0) is 46.0. The molecular weight excluding hydrogens is 777 g/mol. The van der Waals surface area contributed by atoms with Gasteiger partial charge in [-0.2, -0.15) is 0 Å². The van der Waals surface area contributed by atoms with Crippen LogP contribution in [0.15, 0.2) is 0 Å². The number of hydrogen-bond donors (Lipinski definition) is 0. The Hall–Kier alpha value is -0.530. The van der Waals surface area contributed by atoms with Crippen LogP contribution in [0.1, 0.15) is 386 Å². The van der Waals surface area contributed by atoms with Gasteiger partial charge in [0.25, 0.3) is 0 Å². The Labute approximate surface area is 406 Å². The predicted octanol–water partition coefficient (Wildman–Crippen LogP) is 23.2. The van der Waals surface area contributed by atoms with Crippen LogP contribution in [0.5, 0.6) is 0 Å². The second-order valence-corrected chi connectivity index (χ2v) is 21.4. The van der Waals surface area contributed by atoms with Crippen molar-refractivity contribution < 1.29 is 9.53 Å². The Morgan fingerprint density at radius 2 is 0.344 bits per heavy atom. The van der Waals surface area contributed by atoms with Gasteiger partial charge < -0.3 is 4.74 Å². The second kappa shape index (κ2) is 60.5. The van der Waals surface area contributed by atoms with Gasteiger partial charge in [-0.3, -0.25) is 4.79 Å². The smallest absolute Gasteiger partial charge is 0.305 e. The fourth-order valence-electron chi connectivity index (χ4n) is 10.1. The summed E-state index contributed by atoms with van der Waals surface area (Å²) >= 11 is 0. The molecule has 2 nitrogen and oxygen atoms in total. The quantitative estimate of drug-likeness (QED) is 0.0449. The van der Waals surface area contributed by atoms with Crippen LogP contribution in [0.4, 0.5) is 0 Å². The average molecular weight is 902 g/mol. The molecule has 0 saturated heterocycles. The highest BCUT2D eigenvalue weighted by Crippen LogP contribution is 2.19. The van der Waals surface area contributed by atoms with Gasteiger partial charge in [-0.25, -0.2) is 0 Å². The summed E-state index contributed by atoms with van der Waals surface area (Å²) in [4.78, 5) is 12.1. The molecule has 0 N–H and O–H groups in total. The molecule has 0 aliphatic carbocycles. The van der Waals surface area contributed by atoms with Crippen LogP contribution < -0.4 is 0 Å². The van der Waals surface area contributed by atoms with Crippen molar-refractivity contribution in [1.82, 2.24) is 0 Å². The third-order valence-electron chi connectivity index (χ3n) is 14.7. The maximum atomic E-state index is 12.1. The molecule has 0 aliphatic heterocycles. The lowest BCUT2D eigenvalue weighted by Crippen LogP contribution is -2.05. The van der Waals surface area contributed by atoms with E-state index in [1.165, 1.54) is 353 Å². The molecule has 0 unspecified atom stereocenters. The van der Waals surface area contributed by atoms with Crippen molar-refractivity contribution in [3.63, 3.8) is 0 Å². The van der Waals surface area contributed by atoms with Gasteiger partial charge in [0.15, 0.2) is 0 Å². The lowest BCUT2D eigenvalue weighted by atomic mass is 10.0. The molecule has 0 spiro atoms. The van der Waals surface area contributed by atoms with Crippen molar-refractivity contribution in [1.29, 1.82) is 0 Å². The Morgan fingerprint density at radius 1 is 0.203 bits per heavy atom. The standard InChI is InChI=1S/C62H124O2/c1-3-5-7-9-11-13-15-17-19-21-23-25-27-29-31-32-33-35-37-39-41-43-45-47-49-51-53-55-57-59-61-64-62(63)60-58-56-54-52-50-48-46-44-42-40-38-36-34-30-28-26-24-22-20-18-16-14-12-10-8-6-4-2/h3-61H2,1-2H3. The largest absolute Gasteiger partial charge is 0.466 e. The zero-order valence-electron chi connectivity index (χ0n) is 45.0. The van der Waals surface area contributed by atoms with Gasteiger partial charge in [-0.15, -0.1) is 0 Å². The molecule has 0 saturated carbocycles. The molecule has 0 aromatic carbocycles. The number of rotatable bonds is 59. The van der Waals surface area contributed by atoms with Gasteiger partial charge in [-0.05, 0) is 12.8 Å². The van der Waals surface area contributed by atoms with Crippen LogP contribution in [0.25, 0.3) is 0 Å². The summed E-state index contributed by atoms with van der Waals surface area (Å²) < 4.78 is 5.53. The van der Waals surface area contributed by atoms with Crippen molar-refractivity contribution in [2.75, 3.05) is 6.61 Å². The van der Waals surface area contributed by atoms with Crippen LogP contribution in [-0.2, 0) is 9.53 Å². The SMILES string of the molecule is CCCCCCCCCCCCCCCCCCCCCCCCCCCCCCCCOC(=O)CCCCCCCCCCCCCCCCCCCCCCCCCCCCC. The van der Waals surface area contributed by atoms with Gasteiger partial charge in [0.2, 0.25) is 0 Å². The molecule has 2 heteroatoms. The lowest BCUT2D eigenvalue weighted by molar-refractivity contribution is -0.143. The van der Waals surface area contributed by atoms with E-state index >= 15 is 0 Å². The topological polar surface area (TPSA) is 26.3 Å². The minimum Gasteiger partial charge on any atom is -0.466 e. The fraction of sp³-hybridized carbons (Fsp3) is 0.984. The molecule has 0 amide bonds. The third kappa shape index (κ3) is 59.5. The Morgan fingerprint density at radius 3 is 0.516 bits per heavy atom. The first-order chi connectivity index (χ1) is 31.8. The van der Waals surface area contributed by atoms with E-state index in [-0.39, 0.29) is 5.97 Å². The molecule has 0 aromatic rings. The van der Waals surface area contributed by atoms with Gasteiger partial charge in [0, 0.05) is 6.42 Å². The van der Waals surface area contributed by atoms with Crippen molar-refractivity contribution in [2.24, 2.45) is 0 Å². The normalized spacial score (nSPS) is 11.6. The summed E-state index contributed by atoms with van der Waals surface area (Å²) in [6.07, 6.45) is 81.7. The molecule has 0 bridgehead atoms. The van der Waals surface area contributed by atoms with Crippen LogP contribution >= 0.6 is 0 Å². The molecule has 64 heavy (non-hydrogen) atoms. The highest BCUT2D eigenvalue weighted by molar-refractivity contribution is 5.69. The van der Waals surface area contributed by atoms with E-state index in [0.717, 1.165) is 12.8 Å². The number of hydrogen-bond acceptors (Lipinski definition) is 2. The first-order valence-corrected chi connectivity index (χ1v) is 31.0. The maximum absolute atomic E-state index is 12.1. The monoisotopic (exact) mass is 901 g/mol. The second-order valence-electron chi connectivity index (χ2n) is 21.4. The molecule has 0 aliphatic rings. The fourth-order valence-corrected chi connectivity index (χ4v) is 10.1. The zero-order valence-corrected chi connectivity index (χ0v) is 45.0. The predicted molar refractivity (Wildman–Crippen MR) is 290 cm³/mol. The van der Waals surface area contributed by atoms with Crippen LogP contribution in [0, 0.1) is 0 Å². The highest BCUT2D eigenvalue weighted by Gasteiger charge is 2.04. The first-order valence-electron chi connectivity index (χ1n) is 31.0. The lowest BCUT2D eigenvalue weighted by Gasteiger charge is -2.06. The number of esters is 1.